The summed E-state index contributed by atoms with van der Waals surface area (Å²) in [5.74, 6) is -2.26. The highest BCUT2D eigenvalue weighted by molar-refractivity contribution is 5.79. The van der Waals surface area contributed by atoms with E-state index in [0.29, 0.717) is 10.8 Å². The molecule has 2 N–H and O–H groups in total. The van der Waals surface area contributed by atoms with E-state index in [0.717, 1.165) is 0 Å². The van der Waals surface area contributed by atoms with E-state index >= 15 is 0 Å². The maximum absolute atomic E-state index is 10.7. The molecule has 0 radical (unpaired) electrons. The first-order chi connectivity index (χ1) is 15.1. The van der Waals surface area contributed by atoms with Crippen LogP contribution in [0.2, 0.25) is 0 Å². The molecule has 0 aromatic rings. The fourth-order valence-corrected chi connectivity index (χ4v) is 3.22. The maximum atomic E-state index is 10.7. The van der Waals surface area contributed by atoms with Crippen molar-refractivity contribution in [3.05, 3.63) is 0 Å². The summed E-state index contributed by atoms with van der Waals surface area (Å²) in [5, 5.41) is 0. The van der Waals surface area contributed by atoms with Gasteiger partial charge in [0.05, 0.1) is 0 Å². The minimum absolute atomic E-state index is 0.545. The SMILES string of the molecule is CCCCCCCCCC(C)(C)C.CCCCCCCCCC(C)(C)C.NC(=O)C(F)(F)F. The van der Waals surface area contributed by atoms with Crippen molar-refractivity contribution < 1.29 is 18.0 Å². The van der Waals surface area contributed by atoms with E-state index in [2.05, 4.69) is 61.1 Å². The first kappa shape index (κ1) is 36.8. The Labute approximate surface area is 205 Å². The monoisotopic (exact) mass is 481 g/mol. The van der Waals surface area contributed by atoms with Gasteiger partial charge in [-0.1, -0.05) is 145 Å². The molecule has 1 amide bonds. The van der Waals surface area contributed by atoms with Gasteiger partial charge in [0.15, 0.2) is 0 Å². The van der Waals surface area contributed by atoms with E-state index in [1.165, 1.54) is 103 Å². The molecule has 0 heterocycles. The second-order valence-electron chi connectivity index (χ2n) is 11.7. The van der Waals surface area contributed by atoms with Crippen LogP contribution in [0, 0.1) is 10.8 Å². The number of rotatable bonds is 14. The van der Waals surface area contributed by atoms with Crippen LogP contribution in [0.1, 0.15) is 158 Å². The zero-order valence-corrected chi connectivity index (χ0v) is 23.4. The number of amides is 1. The van der Waals surface area contributed by atoms with Crippen LogP contribution < -0.4 is 5.73 Å². The van der Waals surface area contributed by atoms with E-state index in [4.69, 9.17) is 4.79 Å². The maximum Gasteiger partial charge on any atom is 0.470 e. The largest absolute Gasteiger partial charge is 0.470 e. The molecule has 0 fully saturated rings. The third-order valence-electron chi connectivity index (χ3n) is 5.34. The van der Waals surface area contributed by atoms with Gasteiger partial charge in [-0.15, -0.1) is 0 Å². The molecule has 0 saturated heterocycles. The van der Waals surface area contributed by atoms with E-state index in [1.807, 2.05) is 0 Å². The van der Waals surface area contributed by atoms with Gasteiger partial charge in [0.2, 0.25) is 0 Å². The lowest BCUT2D eigenvalue weighted by Crippen LogP contribution is -2.30. The van der Waals surface area contributed by atoms with Crippen LogP contribution in [0.5, 0.6) is 0 Å². The molecule has 0 aromatic carbocycles. The third-order valence-corrected chi connectivity index (χ3v) is 5.34. The Morgan fingerprint density at radius 2 is 0.758 bits per heavy atom. The van der Waals surface area contributed by atoms with Crippen LogP contribution in [0.3, 0.4) is 0 Å². The molecule has 0 atom stereocenters. The first-order valence-corrected chi connectivity index (χ1v) is 13.4. The second kappa shape index (κ2) is 21.8. The summed E-state index contributed by atoms with van der Waals surface area (Å²) in [7, 11) is 0. The van der Waals surface area contributed by atoms with Crippen molar-refractivity contribution in [2.24, 2.45) is 16.6 Å². The van der Waals surface area contributed by atoms with Crippen LogP contribution in [-0.2, 0) is 4.79 Å². The molecule has 0 aliphatic rings. The summed E-state index contributed by atoms with van der Waals surface area (Å²) in [4.78, 5) is 9.12. The number of unbranched alkanes of at least 4 members (excludes halogenated alkanes) is 12. The molecule has 0 aliphatic heterocycles. The molecule has 0 unspecified atom stereocenters. The molecular weight excluding hydrogens is 423 g/mol. The van der Waals surface area contributed by atoms with E-state index in [1.54, 1.807) is 0 Å². The predicted molar refractivity (Wildman–Crippen MR) is 139 cm³/mol. The average Bonchev–Trinajstić information content (AvgIpc) is 2.65. The molecule has 5 heteroatoms. The van der Waals surface area contributed by atoms with E-state index < -0.39 is 12.1 Å². The number of hydrogen-bond acceptors (Lipinski definition) is 1. The second-order valence-corrected chi connectivity index (χ2v) is 11.7. The van der Waals surface area contributed by atoms with Crippen molar-refractivity contribution in [1.82, 2.24) is 0 Å². The highest BCUT2D eigenvalue weighted by Crippen LogP contribution is 2.23. The highest BCUT2D eigenvalue weighted by Gasteiger charge is 2.35. The molecule has 0 bridgehead atoms. The van der Waals surface area contributed by atoms with Crippen LogP contribution in [0.15, 0.2) is 0 Å². The molecule has 0 spiro atoms. The normalized spacial score (nSPS) is 11.8. The van der Waals surface area contributed by atoms with Gasteiger partial charge in [-0.3, -0.25) is 4.79 Å². The number of halogens is 3. The van der Waals surface area contributed by atoms with Gasteiger partial charge in [0.1, 0.15) is 0 Å². The topological polar surface area (TPSA) is 43.1 Å². The Kier molecular flexibility index (Phi) is 24.3. The number of alkyl halides is 3. The molecule has 33 heavy (non-hydrogen) atoms. The number of hydrogen-bond donors (Lipinski definition) is 1. The van der Waals surface area contributed by atoms with Crippen LogP contribution >= 0.6 is 0 Å². The Hall–Kier alpha value is -0.740. The minimum Gasteiger partial charge on any atom is -0.362 e. The summed E-state index contributed by atoms with van der Waals surface area (Å²) >= 11 is 0. The van der Waals surface area contributed by atoms with Gasteiger partial charge in [-0.25, -0.2) is 0 Å². The third kappa shape index (κ3) is 41.9. The number of carbonyl (C=O) groups excluding carboxylic acids is 1. The van der Waals surface area contributed by atoms with E-state index in [9.17, 15) is 13.2 Å². The minimum atomic E-state index is -4.86. The van der Waals surface area contributed by atoms with Gasteiger partial charge >= 0.3 is 12.1 Å². The van der Waals surface area contributed by atoms with E-state index in [-0.39, 0.29) is 0 Å². The van der Waals surface area contributed by atoms with Gasteiger partial charge in [-0.05, 0) is 23.7 Å². The Bertz CT molecular complexity index is 392. The number of nitrogens with two attached hydrogens (primary N) is 1. The van der Waals surface area contributed by atoms with Gasteiger partial charge < -0.3 is 5.73 Å². The number of primary amides is 1. The Balaban J connectivity index is -0.000000429. The molecule has 2 nitrogen and oxygen atoms in total. The molecule has 0 aliphatic carbocycles. The molecular formula is C28H58F3NO. The van der Waals surface area contributed by atoms with Crippen LogP contribution in [0.4, 0.5) is 13.2 Å². The van der Waals surface area contributed by atoms with Crippen LogP contribution in [0.25, 0.3) is 0 Å². The zero-order chi connectivity index (χ0) is 26.4. The van der Waals surface area contributed by atoms with Crippen molar-refractivity contribution in [2.75, 3.05) is 0 Å². The predicted octanol–water partition coefficient (Wildman–Crippen LogP) is 10.4. The molecule has 202 valence electrons. The van der Waals surface area contributed by atoms with Gasteiger partial charge in [-0.2, -0.15) is 13.2 Å². The standard InChI is InChI=1S/2C13H28.C2H2F3NO/c2*1-5-6-7-8-9-10-11-12-13(2,3)4;3-2(4,5)1(6)7/h2*5-12H2,1-4H3;(H2,6,7). The van der Waals surface area contributed by atoms with Crippen molar-refractivity contribution >= 4 is 5.91 Å². The summed E-state index contributed by atoms with van der Waals surface area (Å²) in [6.07, 6.45) is 18.0. The van der Waals surface area contributed by atoms with Crippen molar-refractivity contribution in [2.45, 2.75) is 164 Å². The molecule has 0 rings (SSSR count). The summed E-state index contributed by atoms with van der Waals surface area (Å²) < 4.78 is 32.1. The Morgan fingerprint density at radius 3 is 0.939 bits per heavy atom. The first-order valence-electron chi connectivity index (χ1n) is 13.4. The summed E-state index contributed by atoms with van der Waals surface area (Å²) in [6.45, 7) is 18.6. The fourth-order valence-electron chi connectivity index (χ4n) is 3.22. The molecule has 0 saturated carbocycles. The van der Waals surface area contributed by atoms with Crippen molar-refractivity contribution in [1.29, 1.82) is 0 Å². The van der Waals surface area contributed by atoms with Crippen molar-refractivity contribution in [3.63, 3.8) is 0 Å². The van der Waals surface area contributed by atoms with Gasteiger partial charge in [0.25, 0.3) is 0 Å². The Morgan fingerprint density at radius 1 is 0.545 bits per heavy atom. The van der Waals surface area contributed by atoms with Crippen LogP contribution in [-0.4, -0.2) is 12.1 Å². The fraction of sp³-hybridized carbons (Fsp3) is 0.964. The molecule has 0 aromatic heterocycles. The highest BCUT2D eigenvalue weighted by atomic mass is 19.4. The lowest BCUT2D eigenvalue weighted by molar-refractivity contribution is -0.169. The lowest BCUT2D eigenvalue weighted by atomic mass is 9.89. The van der Waals surface area contributed by atoms with Gasteiger partial charge in [0, 0.05) is 0 Å². The average molecular weight is 482 g/mol. The van der Waals surface area contributed by atoms with Crippen molar-refractivity contribution in [3.8, 4) is 0 Å². The summed E-state index contributed by atoms with van der Waals surface area (Å²) in [5.41, 5.74) is 4.90. The summed E-state index contributed by atoms with van der Waals surface area (Å²) in [6, 6.07) is 0. The quantitative estimate of drug-likeness (QED) is 0.246. The smallest absolute Gasteiger partial charge is 0.362 e. The lowest BCUT2D eigenvalue weighted by Gasteiger charge is -2.17. The zero-order valence-electron chi connectivity index (χ0n) is 23.4. The number of carbonyl (C=O) groups is 1.